The largest absolute Gasteiger partial charge is 0.347 e. The molecule has 1 N–H and O–H groups in total. The first-order valence-corrected chi connectivity index (χ1v) is 10.5. The van der Waals surface area contributed by atoms with Gasteiger partial charge in [0.15, 0.2) is 0 Å². The molecule has 3 nitrogen and oxygen atoms in total. The molecule has 4 rings (SSSR count). The Labute approximate surface area is 174 Å². The first-order valence-electron chi connectivity index (χ1n) is 8.86. The van der Waals surface area contributed by atoms with Crippen LogP contribution in [0.15, 0.2) is 64.5 Å². The van der Waals surface area contributed by atoms with Crippen molar-refractivity contribution in [3.8, 4) is 0 Å². The maximum atomic E-state index is 13.4. The monoisotopic (exact) mass is 456 g/mol. The van der Waals surface area contributed by atoms with Gasteiger partial charge in [0.1, 0.15) is 11.5 Å². The molecule has 0 unspecified atom stereocenters. The van der Waals surface area contributed by atoms with Crippen LogP contribution < -0.4 is 5.32 Å². The Bertz CT molecular complexity index is 1160. The third kappa shape index (κ3) is 3.75. The van der Waals surface area contributed by atoms with Crippen LogP contribution >= 0.6 is 27.3 Å². The number of amides is 1. The number of benzene rings is 2. The Balaban J connectivity index is 1.66. The molecule has 2 aromatic carbocycles. The van der Waals surface area contributed by atoms with Gasteiger partial charge in [-0.2, -0.15) is 0 Å². The molecule has 0 fully saturated rings. The van der Waals surface area contributed by atoms with Crippen LogP contribution in [0.3, 0.4) is 0 Å². The molecule has 0 spiro atoms. The van der Waals surface area contributed by atoms with Gasteiger partial charge in [0.05, 0.1) is 14.7 Å². The highest BCUT2D eigenvalue weighted by atomic mass is 79.9. The number of aromatic nitrogens is 1. The van der Waals surface area contributed by atoms with E-state index in [1.807, 2.05) is 28.1 Å². The molecule has 0 saturated heterocycles. The second-order valence-corrected chi connectivity index (χ2v) is 8.42. The predicted molar refractivity (Wildman–Crippen MR) is 115 cm³/mol. The average molecular weight is 457 g/mol. The Morgan fingerprint density at radius 2 is 2.00 bits per heavy atom. The summed E-state index contributed by atoms with van der Waals surface area (Å²) in [6.45, 7) is 2.96. The molecule has 1 amide bonds. The van der Waals surface area contributed by atoms with E-state index in [-0.39, 0.29) is 18.3 Å². The smallest absolute Gasteiger partial charge is 0.268 e. The summed E-state index contributed by atoms with van der Waals surface area (Å²) in [6.07, 6.45) is 0. The lowest BCUT2D eigenvalue weighted by Gasteiger charge is -2.13. The fourth-order valence-electron chi connectivity index (χ4n) is 3.26. The summed E-state index contributed by atoms with van der Waals surface area (Å²) in [4.78, 5) is 12.9. The first-order chi connectivity index (χ1) is 13.5. The molecule has 0 saturated carbocycles. The van der Waals surface area contributed by atoms with E-state index >= 15 is 0 Å². The Morgan fingerprint density at radius 3 is 2.79 bits per heavy atom. The third-order valence-electron chi connectivity index (χ3n) is 4.74. The molecule has 2 heterocycles. The molecule has 142 valence electrons. The van der Waals surface area contributed by atoms with Crippen molar-refractivity contribution in [2.24, 2.45) is 0 Å². The van der Waals surface area contributed by atoms with E-state index in [9.17, 15) is 9.18 Å². The predicted octanol–water partition coefficient (Wildman–Crippen LogP) is 5.89. The number of fused-ring (bicyclic) bond motifs is 1. The molecule has 28 heavy (non-hydrogen) atoms. The number of hydrogen-bond acceptors (Lipinski definition) is 2. The SMILES string of the molecule is Cc1ccccc1Cn1c(C(=O)NCc2cccc(F)c2)cc2scc(Br)c21. The number of thiophene rings is 1. The zero-order valence-corrected chi connectivity index (χ0v) is 17.6. The molecule has 0 bridgehead atoms. The third-order valence-corrected chi connectivity index (χ3v) is 6.57. The van der Waals surface area contributed by atoms with Crippen LogP contribution in [0.2, 0.25) is 0 Å². The molecule has 0 aliphatic carbocycles. The Hall–Kier alpha value is -2.44. The van der Waals surface area contributed by atoms with Crippen molar-refractivity contribution >= 4 is 43.4 Å². The minimum atomic E-state index is -0.306. The topological polar surface area (TPSA) is 34.0 Å². The number of nitrogens with zero attached hydrogens (tertiary/aromatic N) is 1. The average Bonchev–Trinajstić information content (AvgIpc) is 3.22. The van der Waals surface area contributed by atoms with Crippen molar-refractivity contribution in [1.29, 1.82) is 0 Å². The van der Waals surface area contributed by atoms with Crippen molar-refractivity contribution in [2.45, 2.75) is 20.0 Å². The van der Waals surface area contributed by atoms with Crippen LogP contribution in [0.4, 0.5) is 4.39 Å². The lowest BCUT2D eigenvalue weighted by atomic mass is 10.1. The molecule has 6 heteroatoms. The van der Waals surface area contributed by atoms with E-state index in [0.717, 1.165) is 25.8 Å². The van der Waals surface area contributed by atoms with E-state index in [1.165, 1.54) is 17.7 Å². The molecule has 0 aliphatic rings. The summed E-state index contributed by atoms with van der Waals surface area (Å²) in [7, 11) is 0. The lowest BCUT2D eigenvalue weighted by Crippen LogP contribution is -2.25. The highest BCUT2D eigenvalue weighted by Gasteiger charge is 2.19. The summed E-state index contributed by atoms with van der Waals surface area (Å²) >= 11 is 5.21. The van der Waals surface area contributed by atoms with Crippen molar-refractivity contribution in [3.05, 3.63) is 92.7 Å². The van der Waals surface area contributed by atoms with Crippen LogP contribution in [0.5, 0.6) is 0 Å². The van der Waals surface area contributed by atoms with Gasteiger partial charge in [-0.15, -0.1) is 11.3 Å². The van der Waals surface area contributed by atoms with Crippen molar-refractivity contribution < 1.29 is 9.18 Å². The lowest BCUT2D eigenvalue weighted by molar-refractivity contribution is 0.0942. The number of halogens is 2. The van der Waals surface area contributed by atoms with E-state index < -0.39 is 0 Å². The van der Waals surface area contributed by atoms with Gasteiger partial charge in [-0.1, -0.05) is 36.4 Å². The van der Waals surface area contributed by atoms with Gasteiger partial charge in [0, 0.05) is 18.5 Å². The molecular formula is C22H18BrFN2OS. The maximum absolute atomic E-state index is 13.4. The van der Waals surface area contributed by atoms with E-state index in [0.29, 0.717) is 12.2 Å². The van der Waals surface area contributed by atoms with Gasteiger partial charge in [-0.05, 0) is 57.7 Å². The van der Waals surface area contributed by atoms with Crippen molar-refractivity contribution in [2.75, 3.05) is 0 Å². The minimum Gasteiger partial charge on any atom is -0.347 e. The van der Waals surface area contributed by atoms with Gasteiger partial charge >= 0.3 is 0 Å². The minimum absolute atomic E-state index is 0.173. The van der Waals surface area contributed by atoms with E-state index in [1.54, 1.807) is 23.5 Å². The van der Waals surface area contributed by atoms with Gasteiger partial charge in [-0.3, -0.25) is 4.79 Å². The number of rotatable bonds is 5. The zero-order chi connectivity index (χ0) is 19.7. The highest BCUT2D eigenvalue weighted by Crippen LogP contribution is 2.34. The number of nitrogens with one attached hydrogen (secondary N) is 1. The number of carbonyl (C=O) groups excluding carboxylic acids is 1. The van der Waals surface area contributed by atoms with Crippen LogP contribution in [-0.2, 0) is 13.1 Å². The normalized spacial score (nSPS) is 11.1. The highest BCUT2D eigenvalue weighted by molar-refractivity contribution is 9.10. The van der Waals surface area contributed by atoms with E-state index in [4.69, 9.17) is 0 Å². The first kappa shape index (κ1) is 18.9. The summed E-state index contributed by atoms with van der Waals surface area (Å²) in [5.41, 5.74) is 4.69. The maximum Gasteiger partial charge on any atom is 0.268 e. The molecule has 0 atom stereocenters. The molecule has 2 aromatic heterocycles. The fraction of sp³-hybridized carbons (Fsp3) is 0.136. The summed E-state index contributed by atoms with van der Waals surface area (Å²) in [5, 5.41) is 4.95. The zero-order valence-electron chi connectivity index (χ0n) is 15.2. The summed E-state index contributed by atoms with van der Waals surface area (Å²) in [6, 6.07) is 16.4. The Morgan fingerprint density at radius 1 is 1.18 bits per heavy atom. The fourth-order valence-corrected chi connectivity index (χ4v) is 4.95. The second-order valence-electron chi connectivity index (χ2n) is 6.65. The number of aryl methyl sites for hydroxylation is 1. The molecular weight excluding hydrogens is 439 g/mol. The quantitative estimate of drug-likeness (QED) is 0.398. The van der Waals surface area contributed by atoms with Gasteiger partial charge in [-0.25, -0.2) is 4.39 Å². The van der Waals surface area contributed by atoms with Crippen LogP contribution in [-0.4, -0.2) is 10.5 Å². The second kappa shape index (κ2) is 7.89. The van der Waals surface area contributed by atoms with Crippen LogP contribution in [0.25, 0.3) is 10.2 Å². The number of hydrogen-bond donors (Lipinski definition) is 1. The van der Waals surface area contributed by atoms with Gasteiger partial charge in [0.25, 0.3) is 5.91 Å². The Kier molecular flexibility index (Phi) is 5.33. The summed E-state index contributed by atoms with van der Waals surface area (Å²) in [5.74, 6) is -0.479. The number of carbonyl (C=O) groups is 1. The van der Waals surface area contributed by atoms with Crippen molar-refractivity contribution in [3.63, 3.8) is 0 Å². The summed E-state index contributed by atoms with van der Waals surface area (Å²) < 4.78 is 17.5. The molecule has 4 aromatic rings. The van der Waals surface area contributed by atoms with Crippen LogP contribution in [0, 0.1) is 12.7 Å². The molecule has 0 aliphatic heterocycles. The van der Waals surface area contributed by atoms with Crippen LogP contribution in [0.1, 0.15) is 27.2 Å². The van der Waals surface area contributed by atoms with E-state index in [2.05, 4.69) is 40.3 Å². The van der Waals surface area contributed by atoms with Gasteiger partial charge < -0.3 is 9.88 Å². The van der Waals surface area contributed by atoms with Crippen molar-refractivity contribution in [1.82, 2.24) is 9.88 Å². The standard InChI is InChI=1S/C22H18BrFN2OS/c1-14-5-2-3-7-16(14)12-26-19(10-20-21(26)18(23)13-28-20)22(27)25-11-15-6-4-8-17(24)9-15/h2-10,13H,11-12H2,1H3,(H,25,27). The molecule has 0 radical (unpaired) electrons. The van der Waals surface area contributed by atoms with Gasteiger partial charge in [0.2, 0.25) is 0 Å².